The van der Waals surface area contributed by atoms with Gasteiger partial charge in [0.15, 0.2) is 11.6 Å². The summed E-state index contributed by atoms with van der Waals surface area (Å²) in [5.41, 5.74) is 5.54. The van der Waals surface area contributed by atoms with E-state index in [0.717, 1.165) is 12.1 Å². The first-order valence-corrected chi connectivity index (χ1v) is 9.29. The van der Waals surface area contributed by atoms with Gasteiger partial charge in [-0.15, -0.1) is 0 Å². The Hall–Kier alpha value is -2.71. The van der Waals surface area contributed by atoms with Crippen molar-refractivity contribution in [3.8, 4) is 0 Å². The maximum atomic E-state index is 13.5. The van der Waals surface area contributed by atoms with Crippen molar-refractivity contribution in [3.63, 3.8) is 0 Å². The minimum absolute atomic E-state index is 0.0452. The quantitative estimate of drug-likeness (QED) is 0.808. The average Bonchev–Trinajstić information content (AvgIpc) is 3.43. The predicted molar refractivity (Wildman–Crippen MR) is 98.2 cm³/mol. The SMILES string of the molecule is CC(C(=O)N1CCN(c2ccc(F)c(F)c2)[C@@H](C)C1)C1CC1C(=O)NC(N)=O. The molecule has 0 radical (unpaired) electrons. The van der Waals surface area contributed by atoms with Crippen LogP contribution in [0.1, 0.15) is 20.3 Å². The Bertz CT molecular complexity index is 803. The fourth-order valence-electron chi connectivity index (χ4n) is 3.96. The third-order valence-electron chi connectivity index (χ3n) is 5.63. The van der Waals surface area contributed by atoms with Crippen LogP contribution in [0.25, 0.3) is 0 Å². The van der Waals surface area contributed by atoms with Crippen molar-refractivity contribution < 1.29 is 23.2 Å². The lowest BCUT2D eigenvalue weighted by atomic mass is 10.0. The largest absolute Gasteiger partial charge is 0.365 e. The number of nitrogens with two attached hydrogens (primary N) is 1. The minimum Gasteiger partial charge on any atom is -0.365 e. The molecule has 3 unspecified atom stereocenters. The van der Waals surface area contributed by atoms with Crippen molar-refractivity contribution in [1.82, 2.24) is 10.2 Å². The number of benzene rings is 1. The van der Waals surface area contributed by atoms with E-state index >= 15 is 0 Å². The number of imide groups is 1. The molecule has 28 heavy (non-hydrogen) atoms. The second kappa shape index (κ2) is 7.73. The van der Waals surface area contributed by atoms with E-state index in [0.29, 0.717) is 31.7 Å². The van der Waals surface area contributed by atoms with E-state index in [4.69, 9.17) is 5.73 Å². The second-order valence-electron chi connectivity index (χ2n) is 7.57. The number of carbonyl (C=O) groups excluding carboxylic acids is 3. The molecule has 1 heterocycles. The monoisotopic (exact) mass is 394 g/mol. The summed E-state index contributed by atoms with van der Waals surface area (Å²) < 4.78 is 26.7. The molecule has 3 N–H and O–H groups in total. The summed E-state index contributed by atoms with van der Waals surface area (Å²) in [6.45, 7) is 5.12. The van der Waals surface area contributed by atoms with Gasteiger partial charge in [0.1, 0.15) is 0 Å². The summed E-state index contributed by atoms with van der Waals surface area (Å²) in [6, 6.07) is 2.83. The Morgan fingerprint density at radius 1 is 1.21 bits per heavy atom. The summed E-state index contributed by atoms with van der Waals surface area (Å²) in [6.07, 6.45) is 0.552. The number of carbonyl (C=O) groups is 3. The van der Waals surface area contributed by atoms with Crippen LogP contribution in [0.3, 0.4) is 0 Å². The smallest absolute Gasteiger partial charge is 0.318 e. The van der Waals surface area contributed by atoms with Crippen molar-refractivity contribution >= 4 is 23.5 Å². The van der Waals surface area contributed by atoms with Crippen LogP contribution in [0.5, 0.6) is 0 Å². The summed E-state index contributed by atoms with van der Waals surface area (Å²) in [5, 5.41) is 2.06. The van der Waals surface area contributed by atoms with Gasteiger partial charge in [-0.3, -0.25) is 14.9 Å². The highest BCUT2D eigenvalue weighted by molar-refractivity contribution is 5.96. The van der Waals surface area contributed by atoms with E-state index in [1.807, 2.05) is 11.8 Å². The Balaban J connectivity index is 1.57. The van der Waals surface area contributed by atoms with E-state index in [1.54, 1.807) is 11.8 Å². The van der Waals surface area contributed by atoms with Gasteiger partial charge >= 0.3 is 6.03 Å². The zero-order valence-electron chi connectivity index (χ0n) is 15.8. The number of halogens is 2. The molecule has 2 aliphatic rings. The van der Waals surface area contributed by atoms with Gasteiger partial charge in [-0.05, 0) is 31.4 Å². The first kappa shape index (κ1) is 20.0. The Morgan fingerprint density at radius 2 is 1.93 bits per heavy atom. The normalized spacial score (nSPS) is 25.2. The Labute approximate surface area is 161 Å². The molecular formula is C19H24F2N4O3. The van der Waals surface area contributed by atoms with Crippen molar-refractivity contribution in [1.29, 1.82) is 0 Å². The lowest BCUT2D eigenvalue weighted by Gasteiger charge is -2.42. The van der Waals surface area contributed by atoms with Crippen LogP contribution in [0.15, 0.2) is 18.2 Å². The first-order valence-electron chi connectivity index (χ1n) is 9.29. The van der Waals surface area contributed by atoms with Crippen LogP contribution in [-0.2, 0) is 9.59 Å². The van der Waals surface area contributed by atoms with Gasteiger partial charge in [-0.1, -0.05) is 6.92 Å². The zero-order chi connectivity index (χ0) is 20.6. The molecule has 4 atom stereocenters. The van der Waals surface area contributed by atoms with Crippen LogP contribution in [0.2, 0.25) is 0 Å². The number of anilines is 1. The van der Waals surface area contributed by atoms with E-state index < -0.39 is 23.6 Å². The van der Waals surface area contributed by atoms with E-state index in [-0.39, 0.29) is 29.7 Å². The maximum absolute atomic E-state index is 13.5. The fourth-order valence-corrected chi connectivity index (χ4v) is 3.96. The van der Waals surface area contributed by atoms with Crippen LogP contribution in [-0.4, -0.2) is 48.4 Å². The molecule has 152 valence electrons. The van der Waals surface area contributed by atoms with Crippen LogP contribution in [0, 0.1) is 29.4 Å². The average molecular weight is 394 g/mol. The second-order valence-corrected chi connectivity index (χ2v) is 7.57. The molecule has 1 aliphatic heterocycles. The molecule has 1 saturated carbocycles. The Morgan fingerprint density at radius 3 is 2.54 bits per heavy atom. The maximum Gasteiger partial charge on any atom is 0.318 e. The summed E-state index contributed by atoms with van der Waals surface area (Å²) in [4.78, 5) is 39.1. The van der Waals surface area contributed by atoms with Crippen molar-refractivity contribution in [2.24, 2.45) is 23.5 Å². The molecule has 0 bridgehead atoms. The van der Waals surface area contributed by atoms with Gasteiger partial charge in [0.2, 0.25) is 11.8 Å². The highest BCUT2D eigenvalue weighted by Gasteiger charge is 2.49. The molecule has 0 spiro atoms. The number of urea groups is 1. The highest BCUT2D eigenvalue weighted by atomic mass is 19.2. The summed E-state index contributed by atoms with van der Waals surface area (Å²) in [7, 11) is 0. The molecular weight excluding hydrogens is 370 g/mol. The molecule has 1 saturated heterocycles. The Kier molecular flexibility index (Phi) is 5.53. The topological polar surface area (TPSA) is 95.7 Å². The fraction of sp³-hybridized carbons (Fsp3) is 0.526. The number of rotatable bonds is 4. The van der Waals surface area contributed by atoms with Crippen LogP contribution < -0.4 is 16.0 Å². The van der Waals surface area contributed by atoms with Crippen molar-refractivity contribution in [2.45, 2.75) is 26.3 Å². The number of amides is 4. The molecule has 2 fully saturated rings. The van der Waals surface area contributed by atoms with Crippen LogP contribution >= 0.6 is 0 Å². The third kappa shape index (κ3) is 4.07. The van der Waals surface area contributed by atoms with Gasteiger partial charge in [0.05, 0.1) is 0 Å². The lowest BCUT2D eigenvalue weighted by molar-refractivity contribution is -0.136. The number of hydrogen-bond acceptors (Lipinski definition) is 4. The minimum atomic E-state index is -0.897. The summed E-state index contributed by atoms with van der Waals surface area (Å²) in [5.74, 6) is -3.08. The van der Waals surface area contributed by atoms with E-state index in [9.17, 15) is 23.2 Å². The number of nitrogens with zero attached hydrogens (tertiary/aromatic N) is 2. The van der Waals surface area contributed by atoms with E-state index in [1.165, 1.54) is 6.07 Å². The lowest BCUT2D eigenvalue weighted by Crippen LogP contribution is -2.55. The molecule has 0 aromatic heterocycles. The van der Waals surface area contributed by atoms with Crippen molar-refractivity contribution in [2.75, 3.05) is 24.5 Å². The van der Waals surface area contributed by atoms with Crippen LogP contribution in [0.4, 0.5) is 19.3 Å². The van der Waals surface area contributed by atoms with Gasteiger partial charge in [0.25, 0.3) is 0 Å². The molecule has 3 rings (SSSR count). The number of nitrogens with one attached hydrogen (secondary N) is 1. The predicted octanol–water partition coefficient (Wildman–Crippen LogP) is 1.47. The third-order valence-corrected chi connectivity index (χ3v) is 5.63. The molecule has 1 aromatic rings. The van der Waals surface area contributed by atoms with Gasteiger partial charge < -0.3 is 15.5 Å². The summed E-state index contributed by atoms with van der Waals surface area (Å²) >= 11 is 0. The standard InChI is InChI=1S/C19H24F2N4O3/c1-10-9-24(5-6-25(10)12-3-4-15(20)16(21)7-12)18(27)11(2)13-8-14(13)17(26)23-19(22)28/h3-4,7,10-11,13-14H,5-6,8-9H2,1-2H3,(H3,22,23,26,28)/t10-,11?,13?,14?/m0/s1. The molecule has 7 nitrogen and oxygen atoms in total. The number of primary amides is 1. The van der Waals surface area contributed by atoms with E-state index in [2.05, 4.69) is 5.32 Å². The first-order chi connectivity index (χ1) is 13.2. The zero-order valence-corrected chi connectivity index (χ0v) is 15.8. The number of hydrogen-bond donors (Lipinski definition) is 2. The van der Waals surface area contributed by atoms with Gasteiger partial charge in [-0.25, -0.2) is 13.6 Å². The van der Waals surface area contributed by atoms with Gasteiger partial charge in [-0.2, -0.15) is 0 Å². The molecule has 9 heteroatoms. The van der Waals surface area contributed by atoms with Gasteiger partial charge in [0, 0.05) is 49.3 Å². The molecule has 1 aromatic carbocycles. The molecule has 1 aliphatic carbocycles. The van der Waals surface area contributed by atoms with Crippen molar-refractivity contribution in [3.05, 3.63) is 29.8 Å². The number of piperazine rings is 1. The molecule has 4 amide bonds. The highest BCUT2D eigenvalue weighted by Crippen LogP contribution is 2.45.